The number of hydrogen-bond donors (Lipinski definition) is 2. The Morgan fingerprint density at radius 1 is 1.16 bits per heavy atom. The maximum absolute atomic E-state index is 9.25. The minimum absolute atomic E-state index is 0.120. The topological polar surface area (TPSA) is 85.2 Å². The lowest BCUT2D eigenvalue weighted by Gasteiger charge is -2.32. The van der Waals surface area contributed by atoms with Crippen LogP contribution in [0.4, 0.5) is 0 Å². The van der Waals surface area contributed by atoms with E-state index >= 15 is 0 Å². The van der Waals surface area contributed by atoms with Crippen molar-refractivity contribution in [3.05, 3.63) is 12.7 Å². The van der Waals surface area contributed by atoms with Gasteiger partial charge in [-0.15, -0.1) is 0 Å². The molecule has 0 aromatic heterocycles. The van der Waals surface area contributed by atoms with Crippen molar-refractivity contribution in [1.82, 2.24) is 0 Å². The maximum Gasteiger partial charge on any atom is 0.327 e. The van der Waals surface area contributed by atoms with Gasteiger partial charge in [-0.05, 0) is 27.2 Å². The SMILES string of the molecule is C=CC(=O)O.CCOC(CCCO)(OCC)OCC. The van der Waals surface area contributed by atoms with Crippen LogP contribution < -0.4 is 0 Å². The van der Waals surface area contributed by atoms with E-state index in [1.54, 1.807) is 0 Å². The third-order valence-electron chi connectivity index (χ3n) is 1.91. The van der Waals surface area contributed by atoms with Crippen molar-refractivity contribution in [2.45, 2.75) is 39.6 Å². The molecule has 0 fully saturated rings. The van der Waals surface area contributed by atoms with Gasteiger partial charge in [-0.1, -0.05) is 6.58 Å². The van der Waals surface area contributed by atoms with Crippen molar-refractivity contribution in [2.75, 3.05) is 26.4 Å². The minimum Gasteiger partial charge on any atom is -0.478 e. The highest BCUT2D eigenvalue weighted by Crippen LogP contribution is 2.21. The molecule has 6 heteroatoms. The van der Waals surface area contributed by atoms with E-state index in [4.69, 9.17) is 24.4 Å². The molecular formula is C13H26O6. The fraction of sp³-hybridized carbons (Fsp3) is 0.769. The molecule has 0 saturated heterocycles. The van der Waals surface area contributed by atoms with Crippen LogP contribution in [0.5, 0.6) is 0 Å². The molecule has 0 aromatic rings. The van der Waals surface area contributed by atoms with Gasteiger partial charge < -0.3 is 24.4 Å². The summed E-state index contributed by atoms with van der Waals surface area (Å²) in [5.74, 6) is -1.94. The molecule has 0 aliphatic rings. The number of rotatable bonds is 10. The predicted octanol–water partition coefficient (Wildman–Crippen LogP) is 1.78. The number of aliphatic hydroxyl groups is 1. The summed E-state index contributed by atoms with van der Waals surface area (Å²) in [6.45, 7) is 10.4. The van der Waals surface area contributed by atoms with Crippen molar-refractivity contribution < 1.29 is 29.2 Å². The van der Waals surface area contributed by atoms with Crippen LogP contribution in [0.2, 0.25) is 0 Å². The summed E-state index contributed by atoms with van der Waals surface area (Å²) in [5.41, 5.74) is 0. The molecule has 0 bridgehead atoms. The van der Waals surface area contributed by atoms with Gasteiger partial charge in [0.2, 0.25) is 0 Å². The van der Waals surface area contributed by atoms with Crippen LogP contribution in [0, 0.1) is 0 Å². The molecule has 19 heavy (non-hydrogen) atoms. The third kappa shape index (κ3) is 11.9. The highest BCUT2D eigenvalue weighted by atomic mass is 16.9. The molecule has 0 radical (unpaired) electrons. The van der Waals surface area contributed by atoms with Gasteiger partial charge >= 0.3 is 5.97 Å². The molecule has 0 spiro atoms. The molecule has 0 unspecified atom stereocenters. The van der Waals surface area contributed by atoms with E-state index in [1.807, 2.05) is 20.8 Å². The predicted molar refractivity (Wildman–Crippen MR) is 71.8 cm³/mol. The van der Waals surface area contributed by atoms with Crippen molar-refractivity contribution in [3.63, 3.8) is 0 Å². The summed E-state index contributed by atoms with van der Waals surface area (Å²) in [6, 6.07) is 0. The molecule has 0 aromatic carbocycles. The lowest BCUT2D eigenvalue weighted by Crippen LogP contribution is -2.39. The lowest BCUT2D eigenvalue weighted by atomic mass is 10.3. The molecule has 0 saturated carbocycles. The highest BCUT2D eigenvalue weighted by Gasteiger charge is 2.31. The number of ether oxygens (including phenoxy) is 3. The summed E-state index contributed by atoms with van der Waals surface area (Å²) < 4.78 is 16.4. The summed E-state index contributed by atoms with van der Waals surface area (Å²) in [7, 11) is 0. The van der Waals surface area contributed by atoms with Gasteiger partial charge in [0, 0.05) is 38.9 Å². The van der Waals surface area contributed by atoms with E-state index in [2.05, 4.69) is 6.58 Å². The highest BCUT2D eigenvalue weighted by molar-refractivity contribution is 5.78. The van der Waals surface area contributed by atoms with Crippen molar-refractivity contribution in [3.8, 4) is 0 Å². The molecule has 0 aliphatic heterocycles. The molecule has 0 aliphatic carbocycles. The van der Waals surface area contributed by atoms with E-state index in [0.717, 1.165) is 6.08 Å². The Kier molecular flexibility index (Phi) is 14.5. The number of aliphatic hydroxyl groups excluding tert-OH is 1. The summed E-state index contributed by atoms with van der Waals surface area (Å²) in [4.78, 5) is 9.25. The molecule has 0 atom stereocenters. The monoisotopic (exact) mass is 278 g/mol. The van der Waals surface area contributed by atoms with E-state index < -0.39 is 11.9 Å². The summed E-state index contributed by atoms with van der Waals surface area (Å²) in [6.07, 6.45) is 2.00. The van der Waals surface area contributed by atoms with Gasteiger partial charge in [0.25, 0.3) is 5.97 Å². The second-order valence-corrected chi connectivity index (χ2v) is 3.35. The smallest absolute Gasteiger partial charge is 0.327 e. The van der Waals surface area contributed by atoms with Crippen LogP contribution in [0.25, 0.3) is 0 Å². The Balaban J connectivity index is 0. The lowest BCUT2D eigenvalue weighted by molar-refractivity contribution is -0.380. The fourth-order valence-corrected chi connectivity index (χ4v) is 1.30. The molecular weight excluding hydrogens is 252 g/mol. The van der Waals surface area contributed by atoms with Gasteiger partial charge in [-0.2, -0.15) is 0 Å². The molecule has 2 N–H and O–H groups in total. The average molecular weight is 278 g/mol. The largest absolute Gasteiger partial charge is 0.478 e. The van der Waals surface area contributed by atoms with Crippen molar-refractivity contribution >= 4 is 5.97 Å². The Labute approximate surface area is 115 Å². The molecule has 114 valence electrons. The van der Waals surface area contributed by atoms with Crippen LogP contribution in [0.3, 0.4) is 0 Å². The van der Waals surface area contributed by atoms with E-state index in [-0.39, 0.29) is 6.61 Å². The summed E-state index contributed by atoms with van der Waals surface area (Å²) >= 11 is 0. The third-order valence-corrected chi connectivity index (χ3v) is 1.91. The van der Waals surface area contributed by atoms with Crippen molar-refractivity contribution in [2.24, 2.45) is 0 Å². The quantitative estimate of drug-likeness (QED) is 0.468. The van der Waals surface area contributed by atoms with Gasteiger partial charge in [-0.25, -0.2) is 4.79 Å². The zero-order chi connectivity index (χ0) is 15.1. The molecule has 6 nitrogen and oxygen atoms in total. The van der Waals surface area contributed by atoms with Crippen LogP contribution in [-0.2, 0) is 19.0 Å². The standard InChI is InChI=1S/C10H22O4.C3H4O2/c1-4-12-10(13-5-2,14-6-3)8-7-9-11;1-2-3(4)5/h11H,4-9H2,1-3H3;2H,1H2,(H,4,5). The number of carboxylic acid groups (broad SMARTS) is 1. The first-order valence-electron chi connectivity index (χ1n) is 6.39. The number of hydrogen-bond acceptors (Lipinski definition) is 5. The normalized spacial score (nSPS) is 10.5. The molecule has 0 amide bonds. The van der Waals surface area contributed by atoms with E-state index in [1.165, 1.54) is 0 Å². The average Bonchev–Trinajstić information content (AvgIpc) is 2.38. The zero-order valence-corrected chi connectivity index (χ0v) is 12.1. The van der Waals surface area contributed by atoms with Gasteiger partial charge in [0.05, 0.1) is 0 Å². The Hall–Kier alpha value is -0.950. The first kappa shape index (κ1) is 20.4. The van der Waals surface area contributed by atoms with E-state index in [0.29, 0.717) is 32.7 Å². The van der Waals surface area contributed by atoms with Crippen molar-refractivity contribution in [1.29, 1.82) is 0 Å². The number of aliphatic carboxylic acids is 1. The number of carbonyl (C=O) groups is 1. The van der Waals surface area contributed by atoms with Crippen LogP contribution >= 0.6 is 0 Å². The second-order valence-electron chi connectivity index (χ2n) is 3.35. The maximum atomic E-state index is 9.25. The first-order chi connectivity index (χ1) is 9.01. The molecule has 0 heterocycles. The van der Waals surface area contributed by atoms with Crippen LogP contribution in [0.1, 0.15) is 33.6 Å². The second kappa shape index (κ2) is 13.5. The molecule has 0 rings (SSSR count). The van der Waals surface area contributed by atoms with E-state index in [9.17, 15) is 4.79 Å². The number of carboxylic acids is 1. The van der Waals surface area contributed by atoms with Gasteiger partial charge in [0.1, 0.15) is 0 Å². The summed E-state index contributed by atoms with van der Waals surface area (Å²) in [5, 5.41) is 16.4. The Morgan fingerprint density at radius 2 is 1.53 bits per heavy atom. The van der Waals surface area contributed by atoms with Crippen LogP contribution in [-0.4, -0.2) is 48.6 Å². The Bertz CT molecular complexity index is 212. The van der Waals surface area contributed by atoms with Gasteiger partial charge in [0.15, 0.2) is 0 Å². The Morgan fingerprint density at radius 3 is 1.74 bits per heavy atom. The first-order valence-corrected chi connectivity index (χ1v) is 6.39. The van der Waals surface area contributed by atoms with Crippen LogP contribution in [0.15, 0.2) is 12.7 Å². The van der Waals surface area contributed by atoms with Gasteiger partial charge in [-0.3, -0.25) is 0 Å². The zero-order valence-electron chi connectivity index (χ0n) is 12.1. The minimum atomic E-state index is -0.981. The fourth-order valence-electron chi connectivity index (χ4n) is 1.30.